The third kappa shape index (κ3) is 1.98. The second-order valence-corrected chi connectivity index (χ2v) is 5.41. The van der Waals surface area contributed by atoms with E-state index in [1.807, 2.05) is 0 Å². The van der Waals surface area contributed by atoms with Crippen molar-refractivity contribution in [3.05, 3.63) is 35.6 Å². The minimum absolute atomic E-state index is 0.282. The number of rotatable bonds is 1. The summed E-state index contributed by atoms with van der Waals surface area (Å²) in [6.45, 7) is 0. The van der Waals surface area contributed by atoms with Gasteiger partial charge in [-0.05, 0) is 31.7 Å². The number of hydrogen-bond donors (Lipinski definition) is 2. The lowest BCUT2D eigenvalue weighted by Crippen LogP contribution is -2.54. The summed E-state index contributed by atoms with van der Waals surface area (Å²) in [6, 6.07) is 7.30. The van der Waals surface area contributed by atoms with E-state index >= 15 is 0 Å². The SMILES string of the molecule is OC1(c2ccccc2F)CC2CCCC(C1)N2. The minimum atomic E-state index is -0.980. The van der Waals surface area contributed by atoms with Crippen molar-refractivity contribution in [1.82, 2.24) is 5.32 Å². The number of hydrogen-bond acceptors (Lipinski definition) is 2. The maximum atomic E-state index is 13.8. The Morgan fingerprint density at radius 1 is 1.18 bits per heavy atom. The fraction of sp³-hybridized carbons (Fsp3) is 0.571. The molecular formula is C14H18FNO. The fourth-order valence-corrected chi connectivity index (χ4v) is 3.39. The van der Waals surface area contributed by atoms with E-state index in [4.69, 9.17) is 0 Å². The van der Waals surface area contributed by atoms with Gasteiger partial charge >= 0.3 is 0 Å². The van der Waals surface area contributed by atoms with E-state index in [-0.39, 0.29) is 5.82 Å². The molecule has 1 aromatic carbocycles. The maximum absolute atomic E-state index is 13.8. The van der Waals surface area contributed by atoms with Gasteiger partial charge in [-0.25, -0.2) is 4.39 Å². The Bertz CT molecular complexity index is 408. The summed E-state index contributed by atoms with van der Waals surface area (Å²) in [7, 11) is 0. The van der Waals surface area contributed by atoms with Crippen LogP contribution in [-0.2, 0) is 5.60 Å². The molecule has 2 aliphatic heterocycles. The fourth-order valence-electron chi connectivity index (χ4n) is 3.39. The van der Waals surface area contributed by atoms with Crippen molar-refractivity contribution in [1.29, 1.82) is 0 Å². The molecule has 3 heteroatoms. The summed E-state index contributed by atoms with van der Waals surface area (Å²) < 4.78 is 13.8. The van der Waals surface area contributed by atoms with E-state index in [1.165, 1.54) is 12.5 Å². The number of halogens is 1. The third-order valence-corrected chi connectivity index (χ3v) is 4.12. The van der Waals surface area contributed by atoms with Gasteiger partial charge < -0.3 is 10.4 Å². The standard InChI is InChI=1S/C14H18FNO/c15-13-7-2-1-6-12(13)14(17)8-10-4-3-5-11(9-14)16-10/h1-2,6-7,10-11,16-17H,3-5,8-9H2. The molecule has 2 unspecified atom stereocenters. The monoisotopic (exact) mass is 235 g/mol. The molecule has 0 aliphatic carbocycles. The van der Waals surface area contributed by atoms with Crippen molar-refractivity contribution < 1.29 is 9.50 Å². The van der Waals surface area contributed by atoms with Gasteiger partial charge in [0.05, 0.1) is 5.60 Å². The zero-order valence-corrected chi connectivity index (χ0v) is 9.82. The largest absolute Gasteiger partial charge is 0.385 e. The van der Waals surface area contributed by atoms with Gasteiger partial charge in [-0.15, -0.1) is 0 Å². The second-order valence-electron chi connectivity index (χ2n) is 5.41. The van der Waals surface area contributed by atoms with Crippen LogP contribution in [0.1, 0.15) is 37.7 Å². The smallest absolute Gasteiger partial charge is 0.129 e. The van der Waals surface area contributed by atoms with Crippen LogP contribution in [0.15, 0.2) is 24.3 Å². The maximum Gasteiger partial charge on any atom is 0.129 e. The lowest BCUT2D eigenvalue weighted by molar-refractivity contribution is -0.0383. The first-order valence-corrected chi connectivity index (χ1v) is 6.41. The lowest BCUT2D eigenvalue weighted by atomic mass is 9.74. The molecule has 2 nitrogen and oxygen atoms in total. The third-order valence-electron chi connectivity index (χ3n) is 4.12. The van der Waals surface area contributed by atoms with Gasteiger partial charge in [-0.2, -0.15) is 0 Å². The molecule has 3 rings (SSSR count). The molecule has 2 aliphatic rings. The second kappa shape index (κ2) is 4.07. The molecule has 0 aromatic heterocycles. The van der Waals surface area contributed by atoms with E-state index in [2.05, 4.69) is 5.32 Å². The molecular weight excluding hydrogens is 217 g/mol. The van der Waals surface area contributed by atoms with Gasteiger partial charge in [0.25, 0.3) is 0 Å². The van der Waals surface area contributed by atoms with Crippen molar-refractivity contribution in [3.8, 4) is 0 Å². The summed E-state index contributed by atoms with van der Waals surface area (Å²) >= 11 is 0. The van der Waals surface area contributed by atoms with Crippen LogP contribution < -0.4 is 5.32 Å². The number of nitrogens with one attached hydrogen (secondary N) is 1. The van der Waals surface area contributed by atoms with Crippen LogP contribution in [0.4, 0.5) is 4.39 Å². The summed E-state index contributed by atoms with van der Waals surface area (Å²) in [6.07, 6.45) is 4.66. The van der Waals surface area contributed by atoms with Gasteiger partial charge in [0, 0.05) is 17.6 Å². The summed E-state index contributed by atoms with van der Waals surface area (Å²) in [4.78, 5) is 0. The molecule has 2 atom stereocenters. The summed E-state index contributed by atoms with van der Waals surface area (Å²) in [5.74, 6) is -0.282. The molecule has 0 spiro atoms. The Labute approximate surface area is 101 Å². The molecule has 2 bridgehead atoms. The molecule has 1 aromatic rings. The van der Waals surface area contributed by atoms with E-state index in [0.29, 0.717) is 30.5 Å². The lowest BCUT2D eigenvalue weighted by Gasteiger charge is -2.45. The van der Waals surface area contributed by atoms with Crippen LogP contribution in [-0.4, -0.2) is 17.2 Å². The molecule has 2 heterocycles. The van der Waals surface area contributed by atoms with Gasteiger partial charge in [-0.3, -0.25) is 0 Å². The van der Waals surface area contributed by atoms with Crippen molar-refractivity contribution in [3.63, 3.8) is 0 Å². The number of fused-ring (bicyclic) bond motifs is 2. The molecule has 0 amide bonds. The number of benzene rings is 1. The molecule has 2 fully saturated rings. The van der Waals surface area contributed by atoms with E-state index < -0.39 is 5.60 Å². The van der Waals surface area contributed by atoms with Crippen molar-refractivity contribution >= 4 is 0 Å². The van der Waals surface area contributed by atoms with Crippen LogP contribution in [0.5, 0.6) is 0 Å². The molecule has 2 saturated heterocycles. The molecule has 0 saturated carbocycles. The average Bonchev–Trinajstić information content (AvgIpc) is 2.28. The highest BCUT2D eigenvalue weighted by Gasteiger charge is 2.42. The van der Waals surface area contributed by atoms with Crippen molar-refractivity contribution in [2.75, 3.05) is 0 Å². The highest BCUT2D eigenvalue weighted by atomic mass is 19.1. The predicted octanol–water partition coefficient (Wildman–Crippen LogP) is 2.32. The molecule has 2 N–H and O–H groups in total. The summed E-state index contributed by atoms with van der Waals surface area (Å²) in [5.41, 5.74) is -0.509. The zero-order chi connectivity index (χ0) is 11.9. The first-order chi connectivity index (χ1) is 8.17. The highest BCUT2D eigenvalue weighted by molar-refractivity contribution is 5.26. The Kier molecular flexibility index (Phi) is 2.68. The molecule has 0 radical (unpaired) electrons. The van der Waals surface area contributed by atoms with Crippen LogP contribution in [0, 0.1) is 5.82 Å². The van der Waals surface area contributed by atoms with Crippen LogP contribution >= 0.6 is 0 Å². The van der Waals surface area contributed by atoms with Gasteiger partial charge in [0.2, 0.25) is 0 Å². The molecule has 17 heavy (non-hydrogen) atoms. The van der Waals surface area contributed by atoms with Crippen LogP contribution in [0.2, 0.25) is 0 Å². The van der Waals surface area contributed by atoms with Gasteiger partial charge in [0.15, 0.2) is 0 Å². The Morgan fingerprint density at radius 2 is 1.82 bits per heavy atom. The summed E-state index contributed by atoms with van der Waals surface area (Å²) in [5, 5.41) is 14.3. The quantitative estimate of drug-likeness (QED) is 0.783. The van der Waals surface area contributed by atoms with E-state index in [1.54, 1.807) is 18.2 Å². The van der Waals surface area contributed by atoms with E-state index in [0.717, 1.165) is 12.8 Å². The van der Waals surface area contributed by atoms with Crippen LogP contribution in [0.25, 0.3) is 0 Å². The number of aliphatic hydroxyl groups is 1. The first kappa shape index (κ1) is 11.2. The highest BCUT2D eigenvalue weighted by Crippen LogP contribution is 2.40. The van der Waals surface area contributed by atoms with Crippen molar-refractivity contribution in [2.45, 2.75) is 49.8 Å². The van der Waals surface area contributed by atoms with Gasteiger partial charge in [-0.1, -0.05) is 24.6 Å². The zero-order valence-electron chi connectivity index (χ0n) is 9.82. The first-order valence-electron chi connectivity index (χ1n) is 6.41. The predicted molar refractivity (Wildman–Crippen MR) is 64.1 cm³/mol. The molecule has 92 valence electrons. The Hall–Kier alpha value is -0.930. The van der Waals surface area contributed by atoms with E-state index in [9.17, 15) is 9.50 Å². The Balaban J connectivity index is 1.93. The minimum Gasteiger partial charge on any atom is -0.385 e. The van der Waals surface area contributed by atoms with Crippen LogP contribution in [0.3, 0.4) is 0 Å². The van der Waals surface area contributed by atoms with Gasteiger partial charge in [0.1, 0.15) is 5.82 Å². The topological polar surface area (TPSA) is 32.3 Å². The van der Waals surface area contributed by atoms with Crippen molar-refractivity contribution in [2.24, 2.45) is 0 Å². The normalized spacial score (nSPS) is 36.8. The average molecular weight is 235 g/mol. The Morgan fingerprint density at radius 3 is 2.47 bits per heavy atom. The number of piperidine rings is 2.